The molecule has 0 saturated carbocycles. The van der Waals surface area contributed by atoms with Crippen LogP contribution in [0.5, 0.6) is 5.75 Å². The molecule has 4 nitrogen and oxygen atoms in total. The fraction of sp³-hybridized carbons (Fsp3) is 0.350. The number of likely N-dealkylation sites (tertiary alicyclic amines) is 1. The number of nitrogens with one attached hydrogen (secondary N) is 1. The maximum Gasteiger partial charge on any atom is 0.416 e. The van der Waals surface area contributed by atoms with Crippen molar-refractivity contribution in [3.63, 3.8) is 0 Å². The van der Waals surface area contributed by atoms with E-state index in [0.29, 0.717) is 6.54 Å². The first-order chi connectivity index (χ1) is 12.9. The van der Waals surface area contributed by atoms with Crippen LogP contribution in [0.2, 0.25) is 0 Å². The molecule has 1 heterocycles. The predicted octanol–water partition coefficient (Wildman–Crippen LogP) is 4.46. The van der Waals surface area contributed by atoms with Crippen LogP contribution in [-0.4, -0.2) is 30.1 Å². The molecular weight excluding hydrogens is 357 g/mol. The van der Waals surface area contributed by atoms with Gasteiger partial charge in [-0.25, -0.2) is 4.79 Å². The van der Waals surface area contributed by atoms with E-state index in [1.807, 2.05) is 18.2 Å². The second-order valence-electron chi connectivity index (χ2n) is 6.62. The number of carbonyl (C=O) groups is 1. The molecule has 1 saturated heterocycles. The van der Waals surface area contributed by atoms with Gasteiger partial charge in [-0.3, -0.25) is 4.90 Å². The third kappa shape index (κ3) is 5.72. The molecule has 1 amide bonds. The van der Waals surface area contributed by atoms with Crippen LogP contribution in [0.3, 0.4) is 0 Å². The summed E-state index contributed by atoms with van der Waals surface area (Å²) >= 11 is 0. The highest BCUT2D eigenvalue weighted by Crippen LogP contribution is 2.31. The molecule has 1 unspecified atom stereocenters. The summed E-state index contributed by atoms with van der Waals surface area (Å²) in [6.07, 6.45) is -3.47. The molecule has 3 rings (SSSR count). The minimum Gasteiger partial charge on any atom is -0.410 e. The number of hydrogen-bond acceptors (Lipinski definition) is 3. The number of hydrogen-bond donors (Lipinski definition) is 1. The van der Waals surface area contributed by atoms with E-state index < -0.39 is 17.8 Å². The minimum absolute atomic E-state index is 0.0965. The predicted molar refractivity (Wildman–Crippen MR) is 95.3 cm³/mol. The Balaban J connectivity index is 1.53. The van der Waals surface area contributed by atoms with Gasteiger partial charge in [0.2, 0.25) is 0 Å². The Labute approximate surface area is 155 Å². The van der Waals surface area contributed by atoms with Crippen molar-refractivity contribution in [2.75, 3.05) is 13.1 Å². The summed E-state index contributed by atoms with van der Waals surface area (Å²) in [5, 5.41) is 2.76. The molecular formula is C20H21F3N2O2. The molecule has 7 heteroatoms. The zero-order chi connectivity index (χ0) is 19.3. The summed E-state index contributed by atoms with van der Waals surface area (Å²) in [5.41, 5.74) is 0.351. The first-order valence-corrected chi connectivity index (χ1v) is 8.82. The van der Waals surface area contributed by atoms with E-state index in [-0.39, 0.29) is 11.8 Å². The van der Waals surface area contributed by atoms with Crippen LogP contribution >= 0.6 is 0 Å². The maximum absolute atomic E-state index is 12.7. The molecule has 1 atom stereocenters. The lowest BCUT2D eigenvalue weighted by Crippen LogP contribution is -2.48. The standard InChI is InChI=1S/C20H21F3N2O2/c21-20(22,23)16-8-4-10-18(12-16)27-19(26)24-17-9-5-11-25(14-17)13-15-6-2-1-3-7-15/h1-4,6-8,10,12,17H,5,9,11,13-14H2,(H,24,26). The Hall–Kier alpha value is -2.54. The van der Waals surface area contributed by atoms with E-state index in [2.05, 4.69) is 22.3 Å². The Morgan fingerprint density at radius 2 is 1.93 bits per heavy atom. The van der Waals surface area contributed by atoms with Crippen LogP contribution in [0.1, 0.15) is 24.0 Å². The summed E-state index contributed by atoms with van der Waals surface area (Å²) in [7, 11) is 0. The number of amides is 1. The Morgan fingerprint density at radius 1 is 1.15 bits per heavy atom. The zero-order valence-corrected chi connectivity index (χ0v) is 14.7. The highest BCUT2D eigenvalue weighted by Gasteiger charge is 2.31. The lowest BCUT2D eigenvalue weighted by atomic mass is 10.0. The number of carbonyl (C=O) groups excluding carboxylic acids is 1. The molecule has 1 aliphatic rings. The summed E-state index contributed by atoms with van der Waals surface area (Å²) in [5.74, 6) is -0.126. The van der Waals surface area contributed by atoms with Gasteiger partial charge < -0.3 is 10.1 Å². The highest BCUT2D eigenvalue weighted by atomic mass is 19.4. The van der Waals surface area contributed by atoms with Crippen LogP contribution in [0, 0.1) is 0 Å². The largest absolute Gasteiger partial charge is 0.416 e. The fourth-order valence-corrected chi connectivity index (χ4v) is 3.20. The van der Waals surface area contributed by atoms with Gasteiger partial charge in [-0.1, -0.05) is 36.4 Å². The maximum atomic E-state index is 12.7. The molecule has 1 fully saturated rings. The zero-order valence-electron chi connectivity index (χ0n) is 14.7. The molecule has 0 aromatic heterocycles. The molecule has 0 spiro atoms. The molecule has 1 aliphatic heterocycles. The number of ether oxygens (including phenoxy) is 1. The Morgan fingerprint density at radius 3 is 2.67 bits per heavy atom. The monoisotopic (exact) mass is 378 g/mol. The first-order valence-electron chi connectivity index (χ1n) is 8.82. The second-order valence-corrected chi connectivity index (χ2v) is 6.62. The van der Waals surface area contributed by atoms with Gasteiger partial charge in [0.15, 0.2) is 0 Å². The highest BCUT2D eigenvalue weighted by molar-refractivity contribution is 5.70. The molecule has 0 bridgehead atoms. The molecule has 0 aliphatic carbocycles. The van der Waals surface area contributed by atoms with E-state index in [4.69, 9.17) is 4.74 Å². The van der Waals surface area contributed by atoms with Crippen LogP contribution in [0.4, 0.5) is 18.0 Å². The van der Waals surface area contributed by atoms with Crippen molar-refractivity contribution >= 4 is 6.09 Å². The van der Waals surface area contributed by atoms with E-state index in [1.54, 1.807) is 0 Å². The molecule has 0 radical (unpaired) electrons. The lowest BCUT2D eigenvalue weighted by molar-refractivity contribution is -0.137. The van der Waals surface area contributed by atoms with E-state index >= 15 is 0 Å². The molecule has 1 N–H and O–H groups in total. The number of alkyl halides is 3. The smallest absolute Gasteiger partial charge is 0.410 e. The number of benzene rings is 2. The molecule has 27 heavy (non-hydrogen) atoms. The Bertz CT molecular complexity index is 765. The van der Waals surface area contributed by atoms with Gasteiger partial charge in [0.1, 0.15) is 5.75 Å². The van der Waals surface area contributed by atoms with Gasteiger partial charge in [-0.15, -0.1) is 0 Å². The Kier molecular flexibility index (Phi) is 6.01. The van der Waals surface area contributed by atoms with Crippen molar-refractivity contribution in [2.45, 2.75) is 31.6 Å². The first kappa shape index (κ1) is 19.2. The van der Waals surface area contributed by atoms with Crippen molar-refractivity contribution in [1.29, 1.82) is 0 Å². The third-order valence-corrected chi connectivity index (χ3v) is 4.45. The van der Waals surface area contributed by atoms with E-state index in [1.165, 1.54) is 17.7 Å². The minimum atomic E-state index is -4.48. The van der Waals surface area contributed by atoms with Gasteiger partial charge in [-0.2, -0.15) is 13.2 Å². The van der Waals surface area contributed by atoms with E-state index in [0.717, 1.165) is 38.1 Å². The van der Waals surface area contributed by atoms with Crippen molar-refractivity contribution in [2.24, 2.45) is 0 Å². The van der Waals surface area contributed by atoms with Gasteiger partial charge in [-0.05, 0) is 43.1 Å². The normalized spacial score (nSPS) is 18.1. The SMILES string of the molecule is O=C(NC1CCCN(Cc2ccccc2)C1)Oc1cccc(C(F)(F)F)c1. The van der Waals surface area contributed by atoms with Crippen molar-refractivity contribution in [1.82, 2.24) is 10.2 Å². The molecule has 2 aromatic rings. The van der Waals surface area contributed by atoms with E-state index in [9.17, 15) is 18.0 Å². The number of nitrogens with zero attached hydrogens (tertiary/aromatic N) is 1. The quantitative estimate of drug-likeness (QED) is 0.854. The topological polar surface area (TPSA) is 41.6 Å². The molecule has 144 valence electrons. The third-order valence-electron chi connectivity index (χ3n) is 4.45. The summed E-state index contributed by atoms with van der Waals surface area (Å²) in [6, 6.07) is 14.3. The van der Waals surface area contributed by atoms with Gasteiger partial charge in [0.25, 0.3) is 0 Å². The van der Waals surface area contributed by atoms with Gasteiger partial charge in [0.05, 0.1) is 5.56 Å². The summed E-state index contributed by atoms with van der Waals surface area (Å²) in [6.45, 7) is 2.41. The van der Waals surface area contributed by atoms with Crippen LogP contribution in [-0.2, 0) is 12.7 Å². The van der Waals surface area contributed by atoms with Crippen molar-refractivity contribution in [3.05, 3.63) is 65.7 Å². The van der Waals surface area contributed by atoms with Crippen molar-refractivity contribution in [3.8, 4) is 5.75 Å². The average Bonchev–Trinajstić information content (AvgIpc) is 2.62. The summed E-state index contributed by atoms with van der Waals surface area (Å²) < 4.78 is 43.3. The van der Waals surface area contributed by atoms with Gasteiger partial charge in [0, 0.05) is 19.1 Å². The lowest BCUT2D eigenvalue weighted by Gasteiger charge is -2.32. The summed E-state index contributed by atoms with van der Waals surface area (Å²) in [4.78, 5) is 14.3. The second kappa shape index (κ2) is 8.43. The number of piperidine rings is 1. The number of rotatable bonds is 4. The molecule has 2 aromatic carbocycles. The van der Waals surface area contributed by atoms with Crippen LogP contribution < -0.4 is 10.1 Å². The van der Waals surface area contributed by atoms with Gasteiger partial charge >= 0.3 is 12.3 Å². The van der Waals surface area contributed by atoms with Crippen LogP contribution in [0.25, 0.3) is 0 Å². The fourth-order valence-electron chi connectivity index (χ4n) is 3.20. The van der Waals surface area contributed by atoms with Crippen LogP contribution in [0.15, 0.2) is 54.6 Å². The number of halogens is 3. The average molecular weight is 378 g/mol. The van der Waals surface area contributed by atoms with Crippen molar-refractivity contribution < 1.29 is 22.7 Å².